The lowest BCUT2D eigenvalue weighted by Crippen LogP contribution is -2.69. The Kier molecular flexibility index (Phi) is 12.9. The first kappa shape index (κ1) is 46.0. The van der Waals surface area contributed by atoms with E-state index in [2.05, 4.69) is 6.92 Å². The van der Waals surface area contributed by atoms with Crippen LogP contribution in [-0.4, -0.2) is 203 Å². The molecule has 4 saturated carbocycles. The standard InChI is InChI=1S/C41H64O20/c1-17-33(60-37-32(52)29(49)34(24(14-43)59-37)61-36-30(50)27(47)26(46)23(13-42)58-36)28(48)31(51)35(56-17)57-19-3-8-39(16-44)21-4-7-38(2)20(18-11-25(45)55-15-18)6-10-41(38,54)22(21)5-9-40(39,53)12-19/h11,17,19-24,26-37,42-44,46-54H,3-10,12-16H2,1-2H3. The summed E-state index contributed by atoms with van der Waals surface area (Å²) >= 11 is 0. The Bertz CT molecular complexity index is 1620. The first-order valence-electron chi connectivity index (χ1n) is 21.7. The van der Waals surface area contributed by atoms with Crippen molar-refractivity contribution in [3.05, 3.63) is 11.6 Å². The topological polar surface area (TPSA) is 324 Å². The van der Waals surface area contributed by atoms with E-state index in [9.17, 15) is 66.1 Å². The highest BCUT2D eigenvalue weighted by molar-refractivity contribution is 5.85. The molecule has 0 aromatic carbocycles. The number of carbonyl (C=O) groups excluding carboxylic acids is 1. The van der Waals surface area contributed by atoms with Gasteiger partial charge in [-0.05, 0) is 81.6 Å². The van der Waals surface area contributed by atoms with Gasteiger partial charge in [0, 0.05) is 23.3 Å². The van der Waals surface area contributed by atoms with Gasteiger partial charge in [0.1, 0.15) is 73.8 Å². The van der Waals surface area contributed by atoms with Crippen molar-refractivity contribution in [2.24, 2.45) is 28.6 Å². The molecule has 7 fully saturated rings. The molecular weight excluding hydrogens is 812 g/mol. The second kappa shape index (κ2) is 17.0. The number of carbonyl (C=O) groups is 1. The lowest BCUT2D eigenvalue weighted by Gasteiger charge is -2.66. The Morgan fingerprint density at radius 1 is 0.672 bits per heavy atom. The summed E-state index contributed by atoms with van der Waals surface area (Å²) in [5.41, 5.74) is -2.94. The molecule has 3 saturated heterocycles. The Morgan fingerprint density at radius 2 is 1.28 bits per heavy atom. The van der Waals surface area contributed by atoms with E-state index in [1.54, 1.807) is 6.08 Å². The monoisotopic (exact) mass is 876 g/mol. The second-order valence-electron chi connectivity index (χ2n) is 19.2. The molecule has 0 radical (unpaired) electrons. The van der Waals surface area contributed by atoms with E-state index in [0.717, 1.165) is 5.57 Å². The molecule has 0 bridgehead atoms. The van der Waals surface area contributed by atoms with Gasteiger partial charge in [-0.1, -0.05) is 6.92 Å². The van der Waals surface area contributed by atoms with Crippen molar-refractivity contribution in [2.45, 2.75) is 181 Å². The number of rotatable bonds is 10. The van der Waals surface area contributed by atoms with Crippen molar-refractivity contribution < 1.29 is 99.2 Å². The molecule has 61 heavy (non-hydrogen) atoms. The number of cyclic esters (lactones) is 1. The minimum Gasteiger partial charge on any atom is -0.458 e. The third-order valence-corrected chi connectivity index (χ3v) is 16.4. The van der Waals surface area contributed by atoms with E-state index in [4.69, 9.17) is 33.2 Å². The van der Waals surface area contributed by atoms with E-state index in [0.29, 0.717) is 51.4 Å². The van der Waals surface area contributed by atoms with Crippen LogP contribution in [0, 0.1) is 28.6 Å². The van der Waals surface area contributed by atoms with E-state index in [1.807, 2.05) is 0 Å². The van der Waals surface area contributed by atoms with Gasteiger partial charge < -0.3 is 94.4 Å². The van der Waals surface area contributed by atoms with Crippen LogP contribution in [0.15, 0.2) is 11.6 Å². The van der Waals surface area contributed by atoms with Crippen LogP contribution in [0.3, 0.4) is 0 Å². The number of esters is 1. The highest BCUT2D eigenvalue weighted by atomic mass is 16.8. The Balaban J connectivity index is 0.892. The number of fused-ring (bicyclic) bond motifs is 5. The van der Waals surface area contributed by atoms with Crippen molar-refractivity contribution in [2.75, 3.05) is 26.4 Å². The lowest BCUT2D eigenvalue weighted by molar-refractivity contribution is -0.380. The molecule has 0 amide bonds. The van der Waals surface area contributed by atoms with Gasteiger partial charge in [0.25, 0.3) is 0 Å². The molecule has 0 aromatic heterocycles. The van der Waals surface area contributed by atoms with Gasteiger partial charge in [-0.2, -0.15) is 0 Å². The Morgan fingerprint density at radius 3 is 1.92 bits per heavy atom. The summed E-state index contributed by atoms with van der Waals surface area (Å²) in [6.07, 6.45) is -18.9. The smallest absolute Gasteiger partial charge is 0.331 e. The maximum Gasteiger partial charge on any atom is 0.331 e. The number of aliphatic hydroxyl groups excluding tert-OH is 10. The SMILES string of the molecule is CC1OC(OC2CCC3(CO)C4CCC5(C)C(C6=CC(=O)OC6)CCC5(O)C4CCC3(O)C2)C(O)C(O)C1OC1OC(CO)C(OC2OC(CO)C(O)C(O)C2O)C(O)C1O. The van der Waals surface area contributed by atoms with Crippen LogP contribution in [-0.2, 0) is 38.0 Å². The van der Waals surface area contributed by atoms with Crippen LogP contribution < -0.4 is 0 Å². The van der Waals surface area contributed by atoms with Crippen LogP contribution in [0.5, 0.6) is 0 Å². The van der Waals surface area contributed by atoms with Crippen LogP contribution in [0.1, 0.15) is 71.6 Å². The number of hydrogen-bond donors (Lipinski definition) is 12. The van der Waals surface area contributed by atoms with Crippen LogP contribution >= 0.6 is 0 Å². The maximum absolute atomic E-state index is 12.6. The third-order valence-electron chi connectivity index (χ3n) is 16.4. The highest BCUT2D eigenvalue weighted by Crippen LogP contribution is 2.70. The van der Waals surface area contributed by atoms with Gasteiger partial charge in [-0.25, -0.2) is 4.79 Å². The van der Waals surface area contributed by atoms with Crippen molar-refractivity contribution in [1.29, 1.82) is 0 Å². The van der Waals surface area contributed by atoms with Gasteiger partial charge >= 0.3 is 5.97 Å². The normalized spacial score (nSPS) is 55.0. The summed E-state index contributed by atoms with van der Waals surface area (Å²) in [6, 6.07) is 0. The first-order valence-corrected chi connectivity index (χ1v) is 21.7. The molecule has 4 heterocycles. The molecule has 4 aliphatic carbocycles. The molecule has 0 aromatic rings. The molecule has 348 valence electrons. The minimum absolute atomic E-state index is 0.00557. The van der Waals surface area contributed by atoms with Gasteiger partial charge in [-0.15, -0.1) is 0 Å². The Hall–Kier alpha value is -1.51. The van der Waals surface area contributed by atoms with Crippen LogP contribution in [0.4, 0.5) is 0 Å². The van der Waals surface area contributed by atoms with Gasteiger partial charge in [0.2, 0.25) is 0 Å². The van der Waals surface area contributed by atoms with E-state index >= 15 is 0 Å². The second-order valence-corrected chi connectivity index (χ2v) is 19.2. The van der Waals surface area contributed by atoms with Crippen LogP contribution in [0.2, 0.25) is 0 Å². The summed E-state index contributed by atoms with van der Waals surface area (Å²) in [5.74, 6) is -0.734. The van der Waals surface area contributed by atoms with Crippen molar-refractivity contribution in [3.8, 4) is 0 Å². The lowest BCUT2D eigenvalue weighted by atomic mass is 9.41. The molecule has 20 nitrogen and oxygen atoms in total. The molecule has 0 spiro atoms. The summed E-state index contributed by atoms with van der Waals surface area (Å²) < 4.78 is 40.0. The van der Waals surface area contributed by atoms with E-state index in [1.165, 1.54) is 6.92 Å². The third kappa shape index (κ3) is 7.34. The molecule has 8 rings (SSSR count). The van der Waals surface area contributed by atoms with E-state index in [-0.39, 0.29) is 43.4 Å². The van der Waals surface area contributed by atoms with E-state index < -0.39 is 133 Å². The molecular formula is C41H64O20. The fraction of sp³-hybridized carbons (Fsp3) is 0.927. The summed E-state index contributed by atoms with van der Waals surface area (Å²) in [6.45, 7) is 2.00. The number of hydrogen-bond acceptors (Lipinski definition) is 20. The average Bonchev–Trinajstić information content (AvgIpc) is 3.79. The van der Waals surface area contributed by atoms with Crippen LogP contribution in [0.25, 0.3) is 0 Å². The fourth-order valence-electron chi connectivity index (χ4n) is 12.9. The highest BCUT2D eigenvalue weighted by Gasteiger charge is 2.71. The van der Waals surface area contributed by atoms with Gasteiger partial charge in [0.15, 0.2) is 18.9 Å². The maximum atomic E-state index is 12.6. The predicted molar refractivity (Wildman–Crippen MR) is 201 cm³/mol. The van der Waals surface area contributed by atoms with Crippen molar-refractivity contribution in [3.63, 3.8) is 0 Å². The first-order chi connectivity index (χ1) is 28.9. The number of ether oxygens (including phenoxy) is 7. The summed E-state index contributed by atoms with van der Waals surface area (Å²) in [4.78, 5) is 12.0. The Labute approximate surface area is 352 Å². The number of aliphatic hydroxyl groups is 12. The zero-order chi connectivity index (χ0) is 44.0. The minimum atomic E-state index is -1.90. The van der Waals surface area contributed by atoms with Crippen molar-refractivity contribution >= 4 is 5.97 Å². The van der Waals surface area contributed by atoms with Gasteiger partial charge in [0.05, 0.1) is 43.2 Å². The summed E-state index contributed by atoms with van der Waals surface area (Å²) in [5, 5.41) is 131. The molecule has 8 aliphatic rings. The zero-order valence-corrected chi connectivity index (χ0v) is 34.4. The molecule has 23 atom stereocenters. The summed E-state index contributed by atoms with van der Waals surface area (Å²) in [7, 11) is 0. The largest absolute Gasteiger partial charge is 0.458 e. The predicted octanol–water partition coefficient (Wildman–Crippen LogP) is -3.81. The molecule has 12 N–H and O–H groups in total. The molecule has 20 heteroatoms. The zero-order valence-electron chi connectivity index (χ0n) is 34.4. The van der Waals surface area contributed by atoms with Crippen molar-refractivity contribution in [1.82, 2.24) is 0 Å². The fourth-order valence-corrected chi connectivity index (χ4v) is 12.9. The quantitative estimate of drug-likeness (QED) is 0.0740. The van der Waals surface area contributed by atoms with Gasteiger partial charge in [-0.3, -0.25) is 0 Å². The molecule has 23 unspecified atom stereocenters. The average molecular weight is 877 g/mol. The molecule has 4 aliphatic heterocycles.